The second kappa shape index (κ2) is 7.49. The van der Waals surface area contributed by atoms with Crippen LogP contribution in [0.5, 0.6) is 0 Å². The quantitative estimate of drug-likeness (QED) is 0.649. The third-order valence-electron chi connectivity index (χ3n) is 2.85. The summed E-state index contributed by atoms with van der Waals surface area (Å²) in [5.74, 6) is -1.27. The molecule has 0 aromatic heterocycles. The first-order valence-electron chi connectivity index (χ1n) is 5.10. The van der Waals surface area contributed by atoms with Gasteiger partial charge in [0.1, 0.15) is 0 Å². The molecule has 6 heteroatoms. The Bertz CT molecular complexity index is 194. The molecule has 0 fully saturated rings. The van der Waals surface area contributed by atoms with Crippen molar-refractivity contribution in [2.24, 2.45) is 5.41 Å². The van der Waals surface area contributed by atoms with Gasteiger partial charge in [-0.1, -0.05) is 0 Å². The highest BCUT2D eigenvalue weighted by Gasteiger charge is 2.38. The van der Waals surface area contributed by atoms with Gasteiger partial charge in [-0.25, -0.2) is 0 Å². The molecule has 1 atom stereocenters. The summed E-state index contributed by atoms with van der Waals surface area (Å²) in [6.45, 7) is -2.51. The number of aliphatic hydroxyl groups excluding tert-OH is 1. The van der Waals surface area contributed by atoms with E-state index in [4.69, 9.17) is 5.11 Å². The zero-order valence-electron chi connectivity index (χ0n) is 8.96. The first kappa shape index (κ1) is 15.2. The molecule has 0 saturated carbocycles. The van der Waals surface area contributed by atoms with Crippen LogP contribution in [0.2, 0.25) is 0 Å². The predicted molar refractivity (Wildman–Crippen MR) is 52.5 cm³/mol. The van der Waals surface area contributed by atoms with Gasteiger partial charge in [0.25, 0.3) is 0 Å². The van der Waals surface area contributed by atoms with E-state index in [0.717, 1.165) is 0 Å². The average Bonchev–Trinajstić information content (AvgIpc) is 2.17. The number of aliphatic hydroxyl groups is 1. The highest BCUT2D eigenvalue weighted by atomic mass is 19.1. The van der Waals surface area contributed by atoms with Crippen molar-refractivity contribution in [2.45, 2.75) is 31.8 Å². The van der Waals surface area contributed by atoms with Gasteiger partial charge >= 0.3 is 5.97 Å². The van der Waals surface area contributed by atoms with E-state index in [-0.39, 0.29) is 19.3 Å². The highest BCUT2D eigenvalue weighted by Crippen LogP contribution is 2.37. The zero-order valence-corrected chi connectivity index (χ0v) is 8.96. The number of rotatable bonds is 9. The molecule has 0 radical (unpaired) electrons. The van der Waals surface area contributed by atoms with E-state index >= 15 is 0 Å². The molecule has 96 valence electrons. The second-order valence-electron chi connectivity index (χ2n) is 3.79. The first-order chi connectivity index (χ1) is 7.52. The van der Waals surface area contributed by atoms with Crippen molar-refractivity contribution in [1.29, 1.82) is 0 Å². The fraction of sp³-hybridized carbons (Fsp3) is 0.900. The van der Waals surface area contributed by atoms with Crippen molar-refractivity contribution in [3.05, 3.63) is 0 Å². The largest absolute Gasteiger partial charge is 0.481 e. The lowest BCUT2D eigenvalue weighted by atomic mass is 9.73. The van der Waals surface area contributed by atoms with E-state index in [9.17, 15) is 23.1 Å². The maximum absolute atomic E-state index is 12.3. The van der Waals surface area contributed by atoms with E-state index in [2.05, 4.69) is 0 Å². The maximum Gasteiger partial charge on any atom is 0.305 e. The molecular weight excluding hydrogens is 225 g/mol. The third kappa shape index (κ3) is 4.38. The predicted octanol–water partition coefficient (Wildman–Crippen LogP) is 1.89. The number of alkyl halides is 3. The average molecular weight is 242 g/mol. The van der Waals surface area contributed by atoms with Crippen LogP contribution in [-0.2, 0) is 4.79 Å². The molecule has 0 heterocycles. The Balaban J connectivity index is 4.74. The van der Waals surface area contributed by atoms with E-state index in [1.165, 1.54) is 0 Å². The highest BCUT2D eigenvalue weighted by molar-refractivity contribution is 5.67. The molecule has 0 bridgehead atoms. The van der Waals surface area contributed by atoms with Gasteiger partial charge in [-0.05, 0) is 19.3 Å². The number of aliphatic carboxylic acids is 1. The lowest BCUT2D eigenvalue weighted by molar-refractivity contribution is -0.142. The zero-order chi connectivity index (χ0) is 12.6. The van der Waals surface area contributed by atoms with Crippen LogP contribution >= 0.6 is 0 Å². The van der Waals surface area contributed by atoms with Gasteiger partial charge < -0.3 is 10.2 Å². The minimum Gasteiger partial charge on any atom is -0.481 e. The Hall–Kier alpha value is -0.780. The molecule has 0 spiro atoms. The number of hydrogen-bond acceptors (Lipinski definition) is 2. The van der Waals surface area contributed by atoms with Gasteiger partial charge in [0.05, 0.1) is 32.5 Å². The van der Waals surface area contributed by atoms with E-state index < -0.39 is 43.9 Å². The first-order valence-corrected chi connectivity index (χ1v) is 5.10. The molecule has 0 amide bonds. The van der Waals surface area contributed by atoms with Gasteiger partial charge in [-0.3, -0.25) is 18.0 Å². The molecule has 0 aliphatic carbocycles. The van der Waals surface area contributed by atoms with Crippen molar-refractivity contribution in [2.75, 3.05) is 20.0 Å². The molecule has 16 heavy (non-hydrogen) atoms. The van der Waals surface area contributed by atoms with Crippen molar-refractivity contribution >= 4 is 5.97 Å². The molecule has 0 aliphatic heterocycles. The second-order valence-corrected chi connectivity index (χ2v) is 3.79. The fourth-order valence-corrected chi connectivity index (χ4v) is 1.82. The van der Waals surface area contributed by atoms with Crippen LogP contribution in [-0.4, -0.2) is 42.3 Å². The summed E-state index contributed by atoms with van der Waals surface area (Å²) < 4.78 is 37.0. The normalized spacial score (nSPS) is 13.8. The lowest BCUT2D eigenvalue weighted by Crippen LogP contribution is -2.38. The van der Waals surface area contributed by atoms with Crippen LogP contribution in [0.1, 0.15) is 25.7 Å². The Morgan fingerprint density at radius 2 is 1.44 bits per heavy atom. The monoisotopic (exact) mass is 242 g/mol. The fourth-order valence-electron chi connectivity index (χ4n) is 1.82. The molecule has 0 aromatic rings. The van der Waals surface area contributed by atoms with Crippen molar-refractivity contribution in [1.82, 2.24) is 0 Å². The summed E-state index contributed by atoms with van der Waals surface area (Å²) in [5.41, 5.74) is -1.31. The summed E-state index contributed by atoms with van der Waals surface area (Å²) in [7, 11) is 0. The summed E-state index contributed by atoms with van der Waals surface area (Å²) in [6, 6.07) is 0. The van der Waals surface area contributed by atoms with Crippen LogP contribution in [0, 0.1) is 5.41 Å². The number of carboxylic acids is 1. The summed E-state index contributed by atoms with van der Waals surface area (Å²) in [4.78, 5) is 10.4. The number of hydrogen-bond donors (Lipinski definition) is 2. The van der Waals surface area contributed by atoms with Crippen LogP contribution in [0.4, 0.5) is 13.2 Å². The summed E-state index contributed by atoms with van der Waals surface area (Å²) in [5, 5.41) is 18.2. The standard InChI is InChI=1S/C10H17F3O3/c11-4-1-10(2-5-12,3-6-13)8(14)7-9(15)16/h8,14H,1-7H2,(H,15,16). The Labute approximate surface area is 92.3 Å². The molecule has 0 saturated heterocycles. The van der Waals surface area contributed by atoms with Crippen molar-refractivity contribution < 1.29 is 28.2 Å². The SMILES string of the molecule is O=C(O)CC(O)C(CCF)(CCF)CCF. The Morgan fingerprint density at radius 3 is 1.69 bits per heavy atom. The number of carbonyl (C=O) groups is 1. The van der Waals surface area contributed by atoms with Crippen molar-refractivity contribution in [3.63, 3.8) is 0 Å². The van der Waals surface area contributed by atoms with Gasteiger partial charge in [0.2, 0.25) is 0 Å². The molecule has 0 rings (SSSR count). The summed E-state index contributed by atoms with van der Waals surface area (Å²) >= 11 is 0. The maximum atomic E-state index is 12.3. The molecule has 0 aromatic carbocycles. The molecule has 2 N–H and O–H groups in total. The Morgan fingerprint density at radius 1 is 1.06 bits per heavy atom. The van der Waals surface area contributed by atoms with Gasteiger partial charge in [0, 0.05) is 5.41 Å². The minimum atomic E-state index is -1.42. The van der Waals surface area contributed by atoms with Gasteiger partial charge in [-0.2, -0.15) is 0 Å². The van der Waals surface area contributed by atoms with E-state index in [1.807, 2.05) is 0 Å². The molecule has 3 nitrogen and oxygen atoms in total. The van der Waals surface area contributed by atoms with Crippen LogP contribution in [0.3, 0.4) is 0 Å². The topological polar surface area (TPSA) is 57.5 Å². The summed E-state index contributed by atoms with van der Waals surface area (Å²) in [6.07, 6.45) is -2.73. The Kier molecular flexibility index (Phi) is 7.12. The number of halogens is 3. The van der Waals surface area contributed by atoms with Gasteiger partial charge in [-0.15, -0.1) is 0 Å². The smallest absolute Gasteiger partial charge is 0.305 e. The number of carboxylic acid groups (broad SMARTS) is 1. The molecule has 1 unspecified atom stereocenters. The van der Waals surface area contributed by atoms with E-state index in [0.29, 0.717) is 0 Å². The van der Waals surface area contributed by atoms with Crippen LogP contribution < -0.4 is 0 Å². The van der Waals surface area contributed by atoms with E-state index in [1.54, 1.807) is 0 Å². The van der Waals surface area contributed by atoms with Crippen LogP contribution in [0.25, 0.3) is 0 Å². The molecular formula is C10H17F3O3. The lowest BCUT2D eigenvalue weighted by Gasteiger charge is -2.35. The minimum absolute atomic E-state index is 0.227. The molecule has 0 aliphatic rings. The third-order valence-corrected chi connectivity index (χ3v) is 2.85. The van der Waals surface area contributed by atoms with Gasteiger partial charge in [0.15, 0.2) is 0 Å². The van der Waals surface area contributed by atoms with Crippen LogP contribution in [0.15, 0.2) is 0 Å². The van der Waals surface area contributed by atoms with Crippen molar-refractivity contribution in [3.8, 4) is 0 Å².